The van der Waals surface area contributed by atoms with Crippen molar-refractivity contribution < 1.29 is 58.5 Å². The van der Waals surface area contributed by atoms with E-state index in [4.69, 9.17) is 36.8 Å². The Balaban J connectivity index is 0.000000129. The van der Waals surface area contributed by atoms with Gasteiger partial charge in [-0.2, -0.15) is 10.2 Å². The lowest BCUT2D eigenvalue weighted by Gasteiger charge is -2.40. The van der Waals surface area contributed by atoms with Gasteiger partial charge in [0.1, 0.15) is 68.5 Å². The van der Waals surface area contributed by atoms with Crippen LogP contribution in [-0.2, 0) is 29.8 Å². The summed E-state index contributed by atoms with van der Waals surface area (Å²) < 4.78 is 37.0. The van der Waals surface area contributed by atoms with Crippen LogP contribution in [0.2, 0.25) is 10.0 Å². The Kier molecular flexibility index (Phi) is 32.6. The maximum Gasteiger partial charge on any atom is 0.252 e. The molecule has 0 unspecified atom stereocenters. The number of likely N-dealkylation sites (tertiary alicyclic amines) is 2. The van der Waals surface area contributed by atoms with E-state index >= 15 is 0 Å². The van der Waals surface area contributed by atoms with Gasteiger partial charge >= 0.3 is 0 Å². The van der Waals surface area contributed by atoms with Crippen LogP contribution in [0, 0.1) is 18.2 Å². The third kappa shape index (κ3) is 20.6. The summed E-state index contributed by atoms with van der Waals surface area (Å²) in [5.74, 6) is -0.394. The molecule has 8 aromatic heterocycles. The molecular weight excluding hydrogens is 1900 g/mol. The molecule has 2 bridgehead atoms. The topological polar surface area (TPSA) is 358 Å². The second kappa shape index (κ2) is 45.7. The first kappa shape index (κ1) is 105. The molecule has 1 amide bonds. The number of para-hydroxylation sites is 3. The number of amides is 1. The highest BCUT2D eigenvalue weighted by atomic mass is 35.5. The first-order valence-corrected chi connectivity index (χ1v) is 50.6. The van der Waals surface area contributed by atoms with Gasteiger partial charge in [0.15, 0.2) is 28.2 Å². The van der Waals surface area contributed by atoms with Crippen molar-refractivity contribution >= 4 is 139 Å². The fraction of sp³-hybridized carbons (Fsp3) is 0.263. The first-order chi connectivity index (χ1) is 71.3. The minimum Gasteiger partial charge on any atom is -0.507 e. The number of aryl methyl sites for hydroxylation is 1. The lowest BCUT2D eigenvalue weighted by Crippen LogP contribution is -2.45. The number of rotatable bonds is 13. The fourth-order valence-electron chi connectivity index (χ4n) is 20.4. The van der Waals surface area contributed by atoms with Crippen molar-refractivity contribution in [2.75, 3.05) is 57.5 Å². The van der Waals surface area contributed by atoms with E-state index in [0.717, 1.165) is 148 Å². The number of piperidine rings is 2. The number of likely N-dealkylation sites (N-methyl/N-ethyl adjacent to an activating group) is 2. The third-order valence-corrected chi connectivity index (χ3v) is 28.2. The van der Waals surface area contributed by atoms with Crippen molar-refractivity contribution in [1.29, 1.82) is 0 Å². The van der Waals surface area contributed by atoms with Gasteiger partial charge in [-0.05, 0) is 155 Å². The van der Waals surface area contributed by atoms with Crippen molar-refractivity contribution in [3.05, 3.63) is 354 Å². The van der Waals surface area contributed by atoms with E-state index in [1.54, 1.807) is 55.1 Å². The van der Waals surface area contributed by atoms with Crippen LogP contribution < -0.4 is 26.8 Å². The number of ether oxygens (including phenoxy) is 1. The number of nitrogens with one attached hydrogen (secondary N) is 3. The second-order valence-corrected chi connectivity index (χ2v) is 37.2. The predicted octanol–water partition coefficient (Wildman–Crippen LogP) is 24.6. The van der Waals surface area contributed by atoms with E-state index in [2.05, 4.69) is 118 Å². The summed E-state index contributed by atoms with van der Waals surface area (Å²) in [6, 6.07) is 74.6. The van der Waals surface area contributed by atoms with Gasteiger partial charge < -0.3 is 84.2 Å². The number of pyridine rings is 2. The average Bonchev–Trinajstić information content (AvgIpc) is 1.49. The molecule has 10 N–H and O–H groups in total. The molecule has 13 heterocycles. The van der Waals surface area contributed by atoms with Gasteiger partial charge in [-0.3, -0.25) is 24.4 Å². The lowest BCUT2D eigenvalue weighted by molar-refractivity contribution is -0.149. The first-order valence-electron chi connectivity index (χ1n) is 49.8. The number of β-amino-alcohol motifs (C(OH)–C–C–N with tert-alkyl or cyclic N) is 2. The molecule has 26 nitrogen and oxygen atoms in total. The smallest absolute Gasteiger partial charge is 0.252 e. The van der Waals surface area contributed by atoms with Crippen LogP contribution in [0.15, 0.2) is 286 Å². The number of halogens is 3. The molecule has 11 aromatic carbocycles. The van der Waals surface area contributed by atoms with E-state index in [0.29, 0.717) is 84.3 Å². The minimum atomic E-state index is -0.745. The van der Waals surface area contributed by atoms with Gasteiger partial charge in [-0.15, -0.1) is 10.2 Å². The summed E-state index contributed by atoms with van der Waals surface area (Å²) in [7, 11) is 3.83. The number of aliphatic hydroxyl groups is 3. The summed E-state index contributed by atoms with van der Waals surface area (Å²) in [5.41, 5.74) is 13.0. The zero-order valence-corrected chi connectivity index (χ0v) is 85.8. The molecule has 0 spiro atoms. The predicted molar refractivity (Wildman–Crippen MR) is 584 cm³/mol. The summed E-state index contributed by atoms with van der Waals surface area (Å²) in [6.45, 7) is 25.1. The molecular formula is C118H120Cl2FN13O13. The minimum absolute atomic E-state index is 0.00614. The molecule has 7 atom stereocenters. The van der Waals surface area contributed by atoms with Crippen molar-refractivity contribution in [3.8, 4) is 45.6 Å². The summed E-state index contributed by atoms with van der Waals surface area (Å²) in [4.78, 5) is 50.9. The number of hydrogen-bond acceptors (Lipinski definition) is 23. The molecule has 0 saturated carbocycles. The molecule has 0 aliphatic carbocycles. The monoisotopic (exact) mass is 2020 g/mol. The average molecular weight is 2020 g/mol. The largest absolute Gasteiger partial charge is 0.507 e. The summed E-state index contributed by atoms with van der Waals surface area (Å²) in [5, 5.41) is 110. The molecule has 147 heavy (non-hydrogen) atoms. The number of phenols is 4. The fourth-order valence-corrected chi connectivity index (χ4v) is 20.8. The summed E-state index contributed by atoms with van der Waals surface area (Å²) >= 11 is 12.1. The number of benzene rings is 11. The molecule has 5 aliphatic rings. The molecule has 3 fully saturated rings. The molecule has 756 valence electrons. The zero-order valence-electron chi connectivity index (χ0n) is 84.3. The number of carbonyl (C=O) groups excluding carboxylic acids is 1. The van der Waals surface area contributed by atoms with Gasteiger partial charge in [0, 0.05) is 182 Å². The van der Waals surface area contributed by atoms with Gasteiger partial charge in [0.25, 0.3) is 5.91 Å². The number of carbonyl (C=O) groups is 1. The van der Waals surface area contributed by atoms with E-state index in [1.807, 2.05) is 214 Å². The Morgan fingerprint density at radius 2 is 0.939 bits per heavy atom. The van der Waals surface area contributed by atoms with Crippen LogP contribution >= 0.6 is 23.2 Å². The highest BCUT2D eigenvalue weighted by molar-refractivity contribution is 6.33. The number of phenolic OH excluding ortho intramolecular Hbond substituents is 4. The number of hydrogen-bond donors (Lipinski definition) is 10. The molecule has 3 saturated heterocycles. The standard InChI is InChI=1S/C27H23N3O3.C22H23NO5.C21H20ClNO5.C20H14ClFN4.C20H16N4.4C2H6/c1-26(13-31)11-19-29-17-9-5-3-7-14(17)21-22-16(12-28-25(22)32)20-15-8-4-6-10-18(15)30(24(20)23(21)29)27(26,2)33-19;1-12-5-3-4-6-13(12)19-10-17(26)21-16(25)9-15(24)20(22(21)28-19)14-7-8-23(2)11-18(14)27;1-23-7-6-12(17(27)10-23)19-14(24)8-15(25)20-16(26)9-18(28-21(19)20)11-4-2-3-5-13(11)22;21-17-12-14(5-6-18(17)22)24-20-16-4-2-1-3-15(16)19(25-26-20)11-13-7-9-23-10-8-13;1-2-6-16(7-3-1)22-20-18-9-5-4-8-17(18)19(23-24-20)14-15-10-12-21-13-11-15;4*1-2/h3-10,19,31H,11-13H2,1-2H3,(H,28,32);3-6,9-10,14,18,24-25,27H,7-8,11H2,1-2H3;2-5,8-9,12,17,24-25,27H,6-7,10H2,1H3;1-10,12H,11H2,(H,24,26);1-13H,14H2,(H,22,24);4*1-2H3/t19-,26-,27+;14-,18+;12-,17+;;;;;;/m100....../s1. The Bertz CT molecular complexity index is 7900. The van der Waals surface area contributed by atoms with E-state index in [-0.39, 0.29) is 79.9 Å². The van der Waals surface area contributed by atoms with Crippen LogP contribution in [0.25, 0.3) is 110 Å². The number of anilines is 4. The highest BCUT2D eigenvalue weighted by Crippen LogP contribution is 2.61. The number of aromatic nitrogens is 8. The number of fused-ring (bicyclic) bond motifs is 17. The molecule has 5 aliphatic heterocycles. The maximum absolute atomic E-state index is 13.4. The quantitative estimate of drug-likeness (QED) is 0.0512. The Labute approximate surface area is 860 Å². The number of aromatic hydroxyl groups is 4. The normalized spacial score (nSPS) is 17.9. The van der Waals surface area contributed by atoms with Crippen LogP contribution in [0.3, 0.4) is 0 Å². The van der Waals surface area contributed by atoms with Gasteiger partial charge in [-0.25, -0.2) is 4.39 Å². The number of aliphatic hydroxyl groups excluding tert-OH is 3. The Morgan fingerprint density at radius 3 is 1.44 bits per heavy atom. The van der Waals surface area contributed by atoms with Crippen molar-refractivity contribution in [2.24, 2.45) is 5.41 Å². The lowest BCUT2D eigenvalue weighted by atomic mass is 9.78. The zero-order chi connectivity index (χ0) is 104. The third-order valence-electron chi connectivity index (χ3n) is 27.5. The Morgan fingerprint density at radius 1 is 0.483 bits per heavy atom. The maximum atomic E-state index is 13.4. The summed E-state index contributed by atoms with van der Waals surface area (Å²) in [6.07, 6.45) is 8.69. The number of nitrogens with zero attached hydrogens (tertiary/aromatic N) is 10. The van der Waals surface area contributed by atoms with Crippen molar-refractivity contribution in [3.63, 3.8) is 0 Å². The van der Waals surface area contributed by atoms with Crippen molar-refractivity contribution in [2.45, 2.75) is 151 Å². The van der Waals surface area contributed by atoms with Crippen LogP contribution in [-0.4, -0.2) is 150 Å². The van der Waals surface area contributed by atoms with E-state index in [1.165, 1.54) is 29.8 Å². The van der Waals surface area contributed by atoms with Crippen LogP contribution in [0.5, 0.6) is 23.0 Å². The molecule has 0 radical (unpaired) electrons. The molecule has 19 aromatic rings. The van der Waals surface area contributed by atoms with Gasteiger partial charge in [0.05, 0.1) is 67.9 Å². The molecule has 24 rings (SSSR count). The Hall–Kier alpha value is -15.0. The second-order valence-electron chi connectivity index (χ2n) is 36.4. The van der Waals surface area contributed by atoms with E-state index in [9.17, 15) is 54.5 Å². The molecule has 29 heteroatoms. The van der Waals surface area contributed by atoms with Gasteiger partial charge in [-0.1, -0.05) is 225 Å². The SMILES string of the molecule is CC.CC.CC.CC.CN1CC[C@H](c2c(O)cc(O)c3c(=O)cc(-c4ccccc4Cl)oc23)[C@H](O)C1.C[C@]1(CO)C[C@H]2O[C@]1(C)n1c3ccccc3c3c4c(c5c6ccccc6n2c5c31)C(=O)NC4.Cc1ccccc1-c1cc(=O)c2c(O)cc(O)c([C@H]3CCN(C)C[C@H]3O)c2o1.Fc1ccc(Nc2nnc(Cc3ccncc3)c3ccccc23)cc1Cl.c1ccc(Nc2nnc(Cc3ccncc3)c3ccccc23)cc1. The highest BCUT2D eigenvalue weighted by Gasteiger charge is 2.59. The van der Waals surface area contributed by atoms with Crippen molar-refractivity contribution in [1.82, 2.24) is 54.6 Å². The van der Waals surface area contributed by atoms with Crippen LogP contribution in [0.4, 0.5) is 27.4 Å². The van der Waals surface area contributed by atoms with Crippen LogP contribution in [0.1, 0.15) is 162 Å². The van der Waals surface area contributed by atoms with Gasteiger partial charge in [0.2, 0.25) is 0 Å². The van der Waals surface area contributed by atoms with E-state index < -0.39 is 46.4 Å².